The zero-order valence-electron chi connectivity index (χ0n) is 12.5. The third-order valence-electron chi connectivity index (χ3n) is 5.12. The number of benzene rings is 1. The molecule has 1 saturated heterocycles. The van der Waals surface area contributed by atoms with E-state index in [0.717, 1.165) is 18.9 Å². The molecule has 4 nitrogen and oxygen atoms in total. The van der Waals surface area contributed by atoms with Gasteiger partial charge in [0.2, 0.25) is 0 Å². The van der Waals surface area contributed by atoms with E-state index < -0.39 is 0 Å². The summed E-state index contributed by atoms with van der Waals surface area (Å²) in [6, 6.07) is 10.8. The normalized spacial score (nSPS) is 21.4. The van der Waals surface area contributed by atoms with Gasteiger partial charge in [-0.3, -0.25) is 0 Å². The molecule has 0 unspecified atom stereocenters. The Hall–Kier alpha value is -1.68. The molecular weight excluding hydrogens is 260 g/mol. The van der Waals surface area contributed by atoms with E-state index >= 15 is 0 Å². The summed E-state index contributed by atoms with van der Waals surface area (Å²) in [5.74, 6) is 2.89. The number of hydrogen-bond acceptors (Lipinski definition) is 3. The second-order valence-corrected chi connectivity index (χ2v) is 6.41. The van der Waals surface area contributed by atoms with Gasteiger partial charge in [0.1, 0.15) is 11.6 Å². The van der Waals surface area contributed by atoms with Crippen molar-refractivity contribution in [3.63, 3.8) is 0 Å². The largest absolute Gasteiger partial charge is 0.317 e. The van der Waals surface area contributed by atoms with Crippen molar-refractivity contribution in [1.29, 1.82) is 0 Å². The Bertz CT molecular complexity index is 621. The Balaban J connectivity index is 1.69. The molecule has 1 aliphatic carbocycles. The molecule has 4 heteroatoms. The van der Waals surface area contributed by atoms with Crippen LogP contribution in [0.4, 0.5) is 0 Å². The molecule has 2 heterocycles. The van der Waals surface area contributed by atoms with Crippen LogP contribution < -0.4 is 5.32 Å². The predicted octanol–water partition coefficient (Wildman–Crippen LogP) is 2.36. The van der Waals surface area contributed by atoms with Crippen LogP contribution in [-0.4, -0.2) is 27.9 Å². The fourth-order valence-electron chi connectivity index (χ4n) is 3.72. The summed E-state index contributed by atoms with van der Waals surface area (Å²) < 4.78 is 2.27. The summed E-state index contributed by atoms with van der Waals surface area (Å²) in [5, 5.41) is 12.6. The average molecular weight is 282 g/mol. The average Bonchev–Trinajstić information content (AvgIpc) is 3.26. The SMILES string of the molecule is Cn1c(C2CCNCC2)nnc1C1(c2ccccc2)CC1. The first-order chi connectivity index (χ1) is 10.3. The van der Waals surface area contributed by atoms with E-state index in [1.54, 1.807) is 0 Å². The topological polar surface area (TPSA) is 42.7 Å². The molecule has 110 valence electrons. The summed E-state index contributed by atoms with van der Waals surface area (Å²) in [6.45, 7) is 2.19. The fraction of sp³-hybridized carbons (Fsp3) is 0.529. The summed E-state index contributed by atoms with van der Waals surface area (Å²) in [5.41, 5.74) is 1.51. The van der Waals surface area contributed by atoms with Gasteiger partial charge in [-0.05, 0) is 44.3 Å². The Morgan fingerprint density at radius 2 is 1.81 bits per heavy atom. The minimum absolute atomic E-state index is 0.119. The van der Waals surface area contributed by atoms with E-state index in [1.807, 2.05) is 0 Å². The van der Waals surface area contributed by atoms with Crippen molar-refractivity contribution < 1.29 is 0 Å². The molecule has 1 saturated carbocycles. The molecule has 1 aromatic heterocycles. The minimum Gasteiger partial charge on any atom is -0.317 e. The van der Waals surface area contributed by atoms with Crippen molar-refractivity contribution in [1.82, 2.24) is 20.1 Å². The maximum atomic E-state index is 4.59. The first-order valence-corrected chi connectivity index (χ1v) is 7.97. The van der Waals surface area contributed by atoms with Gasteiger partial charge in [0.15, 0.2) is 0 Å². The van der Waals surface area contributed by atoms with Gasteiger partial charge in [-0.15, -0.1) is 10.2 Å². The number of rotatable bonds is 3. The summed E-state index contributed by atoms with van der Waals surface area (Å²) in [6.07, 6.45) is 4.72. The Kier molecular flexibility index (Phi) is 3.07. The zero-order valence-corrected chi connectivity index (χ0v) is 12.5. The molecular formula is C17H22N4. The van der Waals surface area contributed by atoms with Gasteiger partial charge >= 0.3 is 0 Å². The van der Waals surface area contributed by atoms with Crippen LogP contribution in [0.5, 0.6) is 0 Å². The van der Waals surface area contributed by atoms with E-state index in [4.69, 9.17) is 0 Å². The highest BCUT2D eigenvalue weighted by Crippen LogP contribution is 2.52. The molecule has 2 aliphatic rings. The monoisotopic (exact) mass is 282 g/mol. The molecule has 1 N–H and O–H groups in total. The highest BCUT2D eigenvalue weighted by atomic mass is 15.3. The molecule has 0 bridgehead atoms. The van der Waals surface area contributed by atoms with Crippen molar-refractivity contribution >= 4 is 0 Å². The van der Waals surface area contributed by atoms with Crippen LogP contribution in [0.1, 0.15) is 48.8 Å². The van der Waals surface area contributed by atoms with E-state index in [9.17, 15) is 0 Å². The fourth-order valence-corrected chi connectivity index (χ4v) is 3.72. The maximum Gasteiger partial charge on any atom is 0.143 e. The second kappa shape index (κ2) is 4.95. The van der Waals surface area contributed by atoms with Crippen LogP contribution in [0, 0.1) is 0 Å². The molecule has 0 atom stereocenters. The van der Waals surface area contributed by atoms with E-state index in [2.05, 4.69) is 57.5 Å². The van der Waals surface area contributed by atoms with Gasteiger partial charge in [-0.2, -0.15) is 0 Å². The second-order valence-electron chi connectivity index (χ2n) is 6.41. The van der Waals surface area contributed by atoms with Gasteiger partial charge in [0.05, 0.1) is 5.41 Å². The molecule has 0 radical (unpaired) electrons. The predicted molar refractivity (Wildman–Crippen MR) is 82.3 cm³/mol. The zero-order chi connectivity index (χ0) is 14.3. The molecule has 1 aromatic carbocycles. The summed E-state index contributed by atoms with van der Waals surface area (Å²) >= 11 is 0. The third-order valence-corrected chi connectivity index (χ3v) is 5.12. The van der Waals surface area contributed by atoms with Crippen molar-refractivity contribution in [2.24, 2.45) is 7.05 Å². The van der Waals surface area contributed by atoms with Crippen LogP contribution in [0.2, 0.25) is 0 Å². The van der Waals surface area contributed by atoms with Crippen LogP contribution >= 0.6 is 0 Å². The van der Waals surface area contributed by atoms with Crippen molar-refractivity contribution in [2.45, 2.75) is 37.0 Å². The quantitative estimate of drug-likeness (QED) is 0.940. The number of aromatic nitrogens is 3. The molecule has 21 heavy (non-hydrogen) atoms. The molecule has 1 aliphatic heterocycles. The number of hydrogen-bond donors (Lipinski definition) is 1. The lowest BCUT2D eigenvalue weighted by Crippen LogP contribution is -2.28. The summed E-state index contributed by atoms with van der Waals surface area (Å²) in [4.78, 5) is 0. The van der Waals surface area contributed by atoms with Gasteiger partial charge in [-0.25, -0.2) is 0 Å². The first-order valence-electron chi connectivity index (χ1n) is 7.97. The van der Waals surface area contributed by atoms with Gasteiger partial charge in [0.25, 0.3) is 0 Å². The molecule has 2 aromatic rings. The molecule has 2 fully saturated rings. The standard InChI is InChI=1S/C17H22N4/c1-21-15(13-7-11-18-12-8-13)19-20-16(21)17(9-10-17)14-5-3-2-4-6-14/h2-6,13,18H,7-12H2,1H3. The lowest BCUT2D eigenvalue weighted by atomic mass is 9.94. The Morgan fingerprint density at radius 1 is 1.10 bits per heavy atom. The highest BCUT2D eigenvalue weighted by molar-refractivity contribution is 5.39. The number of nitrogens with one attached hydrogen (secondary N) is 1. The van der Waals surface area contributed by atoms with E-state index in [0.29, 0.717) is 5.92 Å². The lowest BCUT2D eigenvalue weighted by Gasteiger charge is -2.22. The first kappa shape index (κ1) is 13.0. The molecule has 0 amide bonds. The number of nitrogens with zero attached hydrogens (tertiary/aromatic N) is 3. The van der Waals surface area contributed by atoms with Crippen molar-refractivity contribution in [2.75, 3.05) is 13.1 Å². The van der Waals surface area contributed by atoms with Crippen LogP contribution in [0.25, 0.3) is 0 Å². The number of piperidine rings is 1. The van der Waals surface area contributed by atoms with Crippen molar-refractivity contribution in [3.05, 3.63) is 47.5 Å². The van der Waals surface area contributed by atoms with Gasteiger partial charge in [0, 0.05) is 13.0 Å². The van der Waals surface area contributed by atoms with Crippen LogP contribution in [-0.2, 0) is 12.5 Å². The van der Waals surface area contributed by atoms with Crippen LogP contribution in [0.15, 0.2) is 30.3 Å². The maximum absolute atomic E-state index is 4.59. The van der Waals surface area contributed by atoms with Gasteiger partial charge < -0.3 is 9.88 Å². The third kappa shape index (κ3) is 2.09. The van der Waals surface area contributed by atoms with E-state index in [1.165, 1.54) is 37.1 Å². The Labute approximate surface area is 125 Å². The Morgan fingerprint density at radius 3 is 2.48 bits per heavy atom. The lowest BCUT2D eigenvalue weighted by molar-refractivity contribution is 0.434. The van der Waals surface area contributed by atoms with E-state index in [-0.39, 0.29) is 5.41 Å². The molecule has 0 spiro atoms. The van der Waals surface area contributed by atoms with Crippen LogP contribution in [0.3, 0.4) is 0 Å². The summed E-state index contributed by atoms with van der Waals surface area (Å²) in [7, 11) is 2.15. The molecule has 4 rings (SSSR count). The highest BCUT2D eigenvalue weighted by Gasteiger charge is 2.50. The van der Waals surface area contributed by atoms with Gasteiger partial charge in [-0.1, -0.05) is 30.3 Å². The minimum atomic E-state index is 0.119. The smallest absolute Gasteiger partial charge is 0.143 e. The van der Waals surface area contributed by atoms with Crippen molar-refractivity contribution in [3.8, 4) is 0 Å².